The normalized spacial score (nSPS) is 11.2. The summed E-state index contributed by atoms with van der Waals surface area (Å²) >= 11 is 0. The van der Waals surface area contributed by atoms with Crippen molar-refractivity contribution in [2.24, 2.45) is 0 Å². The molecule has 57 heavy (non-hydrogen) atoms. The second-order valence-corrected chi connectivity index (χ2v) is 14.5. The standard InChI is InChI=1S/C56H39N/c1-4-20-40(21-5-1)44-36-45(41-22-6-2-7-23-41)38-46(37-44)57(56-39-43-26-10-11-28-48(43)50-30-16-17-34-54(50)56)55-35-19-18-33-53(55)52-32-15-14-31-51(52)49-29-13-12-27-47(49)42-24-8-3-9-25-42/h1-39H. The summed E-state index contributed by atoms with van der Waals surface area (Å²) in [4.78, 5) is 2.50. The highest BCUT2D eigenvalue weighted by Crippen LogP contribution is 2.49. The van der Waals surface area contributed by atoms with Crippen LogP contribution in [-0.2, 0) is 0 Å². The highest BCUT2D eigenvalue weighted by Gasteiger charge is 2.23. The zero-order chi connectivity index (χ0) is 38.0. The molecule has 0 aliphatic rings. The van der Waals surface area contributed by atoms with Gasteiger partial charge in [-0.05, 0) is 96.6 Å². The highest BCUT2D eigenvalue weighted by atomic mass is 15.1. The van der Waals surface area contributed by atoms with Crippen LogP contribution in [0, 0.1) is 0 Å². The van der Waals surface area contributed by atoms with Crippen molar-refractivity contribution in [1.29, 1.82) is 0 Å². The number of para-hydroxylation sites is 1. The van der Waals surface area contributed by atoms with Crippen molar-refractivity contribution in [3.05, 3.63) is 237 Å². The third-order valence-electron chi connectivity index (χ3n) is 11.0. The lowest BCUT2D eigenvalue weighted by Gasteiger charge is -2.31. The molecule has 10 aromatic carbocycles. The molecule has 0 saturated heterocycles. The summed E-state index contributed by atoms with van der Waals surface area (Å²) in [6.07, 6.45) is 0. The molecule has 0 aliphatic carbocycles. The molecule has 0 unspecified atom stereocenters. The Morgan fingerprint density at radius 2 is 0.649 bits per heavy atom. The molecule has 0 fully saturated rings. The minimum atomic E-state index is 1.09. The molecule has 0 radical (unpaired) electrons. The maximum Gasteiger partial charge on any atom is 0.0546 e. The maximum atomic E-state index is 2.50. The van der Waals surface area contributed by atoms with Crippen LogP contribution in [0.15, 0.2) is 237 Å². The van der Waals surface area contributed by atoms with Crippen LogP contribution in [0.4, 0.5) is 17.1 Å². The van der Waals surface area contributed by atoms with E-state index in [1.807, 2.05) is 0 Å². The number of hydrogen-bond acceptors (Lipinski definition) is 1. The van der Waals surface area contributed by atoms with Crippen LogP contribution in [0.2, 0.25) is 0 Å². The Hall–Kier alpha value is -7.48. The van der Waals surface area contributed by atoms with E-state index in [0.717, 1.165) is 33.8 Å². The molecule has 268 valence electrons. The zero-order valence-corrected chi connectivity index (χ0v) is 31.5. The minimum Gasteiger partial charge on any atom is -0.309 e. The van der Waals surface area contributed by atoms with E-state index in [1.54, 1.807) is 0 Å². The van der Waals surface area contributed by atoms with Crippen LogP contribution in [0.5, 0.6) is 0 Å². The molecule has 10 aromatic rings. The fourth-order valence-electron chi connectivity index (χ4n) is 8.40. The number of anilines is 3. The molecule has 0 atom stereocenters. The molecule has 0 spiro atoms. The molecule has 0 bridgehead atoms. The van der Waals surface area contributed by atoms with Crippen molar-refractivity contribution in [2.75, 3.05) is 4.90 Å². The predicted octanol–water partition coefficient (Wildman–Crippen LogP) is 15.8. The van der Waals surface area contributed by atoms with E-state index in [2.05, 4.69) is 241 Å². The molecule has 0 saturated carbocycles. The van der Waals surface area contributed by atoms with Gasteiger partial charge in [0.25, 0.3) is 0 Å². The molecule has 1 heteroatoms. The van der Waals surface area contributed by atoms with Crippen LogP contribution in [0.25, 0.3) is 77.2 Å². The Labute approximate surface area is 334 Å². The van der Waals surface area contributed by atoms with Gasteiger partial charge < -0.3 is 4.90 Å². The van der Waals surface area contributed by atoms with Crippen LogP contribution in [-0.4, -0.2) is 0 Å². The minimum absolute atomic E-state index is 1.09. The largest absolute Gasteiger partial charge is 0.309 e. The first-order chi connectivity index (χ1) is 28.3. The van der Waals surface area contributed by atoms with Crippen molar-refractivity contribution < 1.29 is 0 Å². The van der Waals surface area contributed by atoms with Gasteiger partial charge in [0.05, 0.1) is 11.4 Å². The van der Waals surface area contributed by atoms with E-state index in [9.17, 15) is 0 Å². The predicted molar refractivity (Wildman–Crippen MR) is 243 cm³/mol. The second-order valence-electron chi connectivity index (χ2n) is 14.5. The summed E-state index contributed by atoms with van der Waals surface area (Å²) in [7, 11) is 0. The number of nitrogens with zero attached hydrogens (tertiary/aromatic N) is 1. The van der Waals surface area contributed by atoms with Gasteiger partial charge in [0.1, 0.15) is 0 Å². The summed E-state index contributed by atoms with van der Waals surface area (Å²) in [6.45, 7) is 0. The van der Waals surface area contributed by atoms with Gasteiger partial charge in [-0.15, -0.1) is 0 Å². The lowest BCUT2D eigenvalue weighted by molar-refractivity contribution is 1.30. The van der Waals surface area contributed by atoms with Gasteiger partial charge in [0, 0.05) is 16.6 Å². The first-order valence-corrected chi connectivity index (χ1v) is 19.6. The van der Waals surface area contributed by atoms with E-state index in [-0.39, 0.29) is 0 Å². The molecule has 0 N–H and O–H groups in total. The first-order valence-electron chi connectivity index (χ1n) is 19.6. The monoisotopic (exact) mass is 725 g/mol. The van der Waals surface area contributed by atoms with Crippen molar-refractivity contribution in [3.63, 3.8) is 0 Å². The van der Waals surface area contributed by atoms with Gasteiger partial charge in [-0.25, -0.2) is 0 Å². The summed E-state index contributed by atoms with van der Waals surface area (Å²) in [6, 6.07) is 85.8. The maximum absolute atomic E-state index is 2.50. The Kier molecular flexibility index (Phi) is 8.95. The summed E-state index contributed by atoms with van der Waals surface area (Å²) in [5.41, 5.74) is 15.1. The second kappa shape index (κ2) is 15.0. The van der Waals surface area contributed by atoms with Crippen molar-refractivity contribution in [3.8, 4) is 55.6 Å². The molecule has 10 rings (SSSR count). The molecule has 0 aromatic heterocycles. The molecule has 0 aliphatic heterocycles. The van der Waals surface area contributed by atoms with Crippen LogP contribution in [0.3, 0.4) is 0 Å². The van der Waals surface area contributed by atoms with Crippen molar-refractivity contribution >= 4 is 38.6 Å². The van der Waals surface area contributed by atoms with Crippen LogP contribution >= 0.6 is 0 Å². The van der Waals surface area contributed by atoms with Crippen molar-refractivity contribution in [1.82, 2.24) is 0 Å². The Morgan fingerprint density at radius 3 is 1.26 bits per heavy atom. The average Bonchev–Trinajstić information content (AvgIpc) is 3.30. The highest BCUT2D eigenvalue weighted by molar-refractivity contribution is 6.15. The van der Waals surface area contributed by atoms with E-state index in [1.165, 1.54) is 60.5 Å². The summed E-state index contributed by atoms with van der Waals surface area (Å²) in [5, 5.41) is 4.87. The van der Waals surface area contributed by atoms with Crippen LogP contribution < -0.4 is 4.90 Å². The fourth-order valence-corrected chi connectivity index (χ4v) is 8.40. The third-order valence-corrected chi connectivity index (χ3v) is 11.0. The van der Waals surface area contributed by atoms with E-state index in [0.29, 0.717) is 0 Å². The van der Waals surface area contributed by atoms with Gasteiger partial charge in [-0.2, -0.15) is 0 Å². The summed E-state index contributed by atoms with van der Waals surface area (Å²) < 4.78 is 0. The quantitative estimate of drug-likeness (QED) is 0.141. The third kappa shape index (κ3) is 6.46. The van der Waals surface area contributed by atoms with E-state index < -0.39 is 0 Å². The zero-order valence-electron chi connectivity index (χ0n) is 31.5. The number of fused-ring (bicyclic) bond motifs is 3. The van der Waals surface area contributed by atoms with Crippen molar-refractivity contribution in [2.45, 2.75) is 0 Å². The van der Waals surface area contributed by atoms with Crippen LogP contribution in [0.1, 0.15) is 0 Å². The average molecular weight is 726 g/mol. The fraction of sp³-hybridized carbons (Fsp3) is 0. The Bertz CT molecular complexity index is 2950. The van der Waals surface area contributed by atoms with Gasteiger partial charge in [-0.1, -0.05) is 206 Å². The van der Waals surface area contributed by atoms with E-state index >= 15 is 0 Å². The number of hydrogen-bond donors (Lipinski definition) is 0. The van der Waals surface area contributed by atoms with Gasteiger partial charge in [-0.3, -0.25) is 0 Å². The number of benzene rings is 10. The Morgan fingerprint density at radius 1 is 0.228 bits per heavy atom. The lowest BCUT2D eigenvalue weighted by Crippen LogP contribution is -2.12. The smallest absolute Gasteiger partial charge is 0.0546 e. The molecule has 1 nitrogen and oxygen atoms in total. The molecule has 0 amide bonds. The van der Waals surface area contributed by atoms with E-state index in [4.69, 9.17) is 0 Å². The lowest BCUT2D eigenvalue weighted by atomic mass is 9.88. The Balaban J connectivity index is 1.28. The summed E-state index contributed by atoms with van der Waals surface area (Å²) in [5.74, 6) is 0. The molecular formula is C56H39N. The molecule has 0 heterocycles. The first kappa shape index (κ1) is 34.0. The number of rotatable bonds is 8. The SMILES string of the molecule is c1ccc(-c2cc(-c3ccccc3)cc(N(c3ccccc3-c3ccccc3-c3ccccc3-c3ccccc3)c3cc4ccccc4c4ccccc34)c2)cc1. The van der Waals surface area contributed by atoms with Gasteiger partial charge in [0.15, 0.2) is 0 Å². The van der Waals surface area contributed by atoms with Gasteiger partial charge in [0.2, 0.25) is 0 Å². The topological polar surface area (TPSA) is 3.24 Å². The molecular weight excluding hydrogens is 687 g/mol. The van der Waals surface area contributed by atoms with Gasteiger partial charge >= 0.3 is 0 Å².